The van der Waals surface area contributed by atoms with Gasteiger partial charge in [0, 0.05) is 23.8 Å². The molecule has 0 fully saturated rings. The van der Waals surface area contributed by atoms with Gasteiger partial charge in [-0.25, -0.2) is 0 Å². The van der Waals surface area contributed by atoms with Crippen molar-refractivity contribution in [3.05, 3.63) is 18.0 Å². The van der Waals surface area contributed by atoms with Crippen LogP contribution in [-0.4, -0.2) is 27.4 Å². The second-order valence-corrected chi connectivity index (χ2v) is 4.06. The molecule has 1 heterocycles. The van der Waals surface area contributed by atoms with Crippen LogP contribution in [0.5, 0.6) is 0 Å². The first kappa shape index (κ1) is 12.7. The number of hydrogen-bond acceptors (Lipinski definition) is 3. The fraction of sp³-hybridized carbons (Fsp3) is 0.636. The molecule has 0 aliphatic heterocycles. The molecule has 1 aromatic heterocycles. The molecular formula is C11H19N3O2. The van der Waals surface area contributed by atoms with Crippen molar-refractivity contribution in [3.8, 4) is 0 Å². The van der Waals surface area contributed by atoms with Crippen molar-refractivity contribution >= 4 is 5.97 Å². The summed E-state index contributed by atoms with van der Waals surface area (Å²) >= 11 is 0. The minimum atomic E-state index is -0.803. The monoisotopic (exact) mass is 225 g/mol. The van der Waals surface area contributed by atoms with Gasteiger partial charge in [-0.05, 0) is 20.4 Å². The lowest BCUT2D eigenvalue weighted by Crippen LogP contribution is -2.23. The predicted molar refractivity (Wildman–Crippen MR) is 61.3 cm³/mol. The van der Waals surface area contributed by atoms with Crippen LogP contribution in [0.25, 0.3) is 0 Å². The molecule has 1 atom stereocenters. The van der Waals surface area contributed by atoms with Crippen LogP contribution in [0.3, 0.4) is 0 Å². The summed E-state index contributed by atoms with van der Waals surface area (Å²) in [6.45, 7) is 6.78. The largest absolute Gasteiger partial charge is 0.481 e. The average Bonchev–Trinajstić information content (AvgIpc) is 2.65. The number of aromatic nitrogens is 2. The molecule has 0 aromatic carbocycles. The standard InChI is InChI=1S/C11H19N3O2/c1-4-12-10(5-11(15)16)9-6-13-14(7-9)8(2)3/h6-8,10,12H,4-5H2,1-3H3,(H,15,16). The highest BCUT2D eigenvalue weighted by molar-refractivity contribution is 5.67. The van der Waals surface area contributed by atoms with E-state index in [9.17, 15) is 4.79 Å². The molecule has 5 heteroatoms. The molecule has 0 saturated heterocycles. The van der Waals surface area contributed by atoms with Crippen LogP contribution < -0.4 is 5.32 Å². The highest BCUT2D eigenvalue weighted by Crippen LogP contribution is 2.17. The Bertz CT molecular complexity index is 347. The van der Waals surface area contributed by atoms with Crippen molar-refractivity contribution in [2.45, 2.75) is 39.3 Å². The lowest BCUT2D eigenvalue weighted by atomic mass is 10.1. The Morgan fingerprint density at radius 3 is 2.75 bits per heavy atom. The lowest BCUT2D eigenvalue weighted by molar-refractivity contribution is -0.137. The van der Waals surface area contributed by atoms with E-state index in [-0.39, 0.29) is 12.5 Å². The summed E-state index contributed by atoms with van der Waals surface area (Å²) in [5.74, 6) is -0.803. The molecule has 0 saturated carbocycles. The van der Waals surface area contributed by atoms with Gasteiger partial charge >= 0.3 is 5.97 Å². The van der Waals surface area contributed by atoms with E-state index in [4.69, 9.17) is 5.11 Å². The quantitative estimate of drug-likeness (QED) is 0.771. The van der Waals surface area contributed by atoms with Gasteiger partial charge in [-0.15, -0.1) is 0 Å². The smallest absolute Gasteiger partial charge is 0.305 e. The zero-order valence-electron chi connectivity index (χ0n) is 9.97. The van der Waals surface area contributed by atoms with Gasteiger partial charge in [0.1, 0.15) is 0 Å². The number of hydrogen-bond donors (Lipinski definition) is 2. The van der Waals surface area contributed by atoms with E-state index >= 15 is 0 Å². The zero-order valence-corrected chi connectivity index (χ0v) is 9.97. The first-order valence-electron chi connectivity index (χ1n) is 5.53. The van der Waals surface area contributed by atoms with Crippen molar-refractivity contribution in [1.82, 2.24) is 15.1 Å². The number of carboxylic acids is 1. The Labute approximate surface area is 95.5 Å². The fourth-order valence-corrected chi connectivity index (χ4v) is 1.54. The van der Waals surface area contributed by atoms with E-state index in [1.54, 1.807) is 6.20 Å². The Hall–Kier alpha value is -1.36. The molecule has 90 valence electrons. The average molecular weight is 225 g/mol. The molecule has 0 spiro atoms. The number of aliphatic carboxylic acids is 1. The van der Waals surface area contributed by atoms with E-state index in [0.717, 1.165) is 12.1 Å². The third-order valence-electron chi connectivity index (χ3n) is 2.38. The Morgan fingerprint density at radius 1 is 1.62 bits per heavy atom. The normalized spacial score (nSPS) is 13.0. The number of nitrogens with one attached hydrogen (secondary N) is 1. The Kier molecular flexibility index (Phi) is 4.49. The Morgan fingerprint density at radius 2 is 2.31 bits per heavy atom. The highest BCUT2D eigenvalue weighted by Gasteiger charge is 2.16. The van der Waals surface area contributed by atoms with Crippen molar-refractivity contribution in [1.29, 1.82) is 0 Å². The molecule has 2 N–H and O–H groups in total. The summed E-state index contributed by atoms with van der Waals surface area (Å²) < 4.78 is 1.83. The van der Waals surface area contributed by atoms with Crippen LogP contribution in [0.15, 0.2) is 12.4 Å². The van der Waals surface area contributed by atoms with Gasteiger partial charge in [-0.3, -0.25) is 9.48 Å². The molecule has 1 rings (SSSR count). The summed E-state index contributed by atoms with van der Waals surface area (Å²) in [4.78, 5) is 10.7. The van der Waals surface area contributed by atoms with Crippen LogP contribution in [0.2, 0.25) is 0 Å². The molecule has 0 aliphatic carbocycles. The summed E-state index contributed by atoms with van der Waals surface area (Å²) in [5, 5.41) is 16.2. The number of rotatable bonds is 6. The third kappa shape index (κ3) is 3.34. The van der Waals surface area contributed by atoms with Gasteiger partial charge in [0.2, 0.25) is 0 Å². The van der Waals surface area contributed by atoms with Gasteiger partial charge in [0.25, 0.3) is 0 Å². The van der Waals surface area contributed by atoms with E-state index in [1.165, 1.54) is 0 Å². The van der Waals surface area contributed by atoms with E-state index in [2.05, 4.69) is 10.4 Å². The van der Waals surface area contributed by atoms with Gasteiger partial charge in [-0.1, -0.05) is 6.92 Å². The molecule has 0 bridgehead atoms. The fourth-order valence-electron chi connectivity index (χ4n) is 1.54. The highest BCUT2D eigenvalue weighted by atomic mass is 16.4. The molecule has 1 unspecified atom stereocenters. The van der Waals surface area contributed by atoms with Crippen molar-refractivity contribution in [2.24, 2.45) is 0 Å². The van der Waals surface area contributed by atoms with Crippen molar-refractivity contribution < 1.29 is 9.90 Å². The number of carboxylic acid groups (broad SMARTS) is 1. The minimum Gasteiger partial charge on any atom is -0.481 e. The summed E-state index contributed by atoms with van der Waals surface area (Å²) in [6, 6.07) is 0.135. The lowest BCUT2D eigenvalue weighted by Gasteiger charge is -2.13. The van der Waals surface area contributed by atoms with Gasteiger partial charge in [0.15, 0.2) is 0 Å². The summed E-state index contributed by atoms with van der Waals surface area (Å²) in [7, 11) is 0. The van der Waals surface area contributed by atoms with Crippen LogP contribution >= 0.6 is 0 Å². The van der Waals surface area contributed by atoms with Crippen LogP contribution in [0.4, 0.5) is 0 Å². The molecule has 5 nitrogen and oxygen atoms in total. The molecule has 1 aromatic rings. The number of nitrogens with zero attached hydrogens (tertiary/aromatic N) is 2. The molecule has 0 aliphatic rings. The maximum absolute atomic E-state index is 10.7. The first-order valence-corrected chi connectivity index (χ1v) is 5.53. The zero-order chi connectivity index (χ0) is 12.1. The molecule has 0 radical (unpaired) electrons. The number of carbonyl (C=O) groups is 1. The van der Waals surface area contributed by atoms with Gasteiger partial charge in [0.05, 0.1) is 12.6 Å². The molecular weight excluding hydrogens is 206 g/mol. The van der Waals surface area contributed by atoms with Crippen LogP contribution in [0.1, 0.15) is 44.8 Å². The third-order valence-corrected chi connectivity index (χ3v) is 2.38. The SMILES string of the molecule is CCNC(CC(=O)O)c1cnn(C(C)C)c1. The van der Waals surface area contributed by atoms with E-state index in [1.807, 2.05) is 31.6 Å². The summed E-state index contributed by atoms with van der Waals surface area (Å²) in [5.41, 5.74) is 0.929. The second kappa shape index (κ2) is 5.65. The maximum atomic E-state index is 10.7. The summed E-state index contributed by atoms with van der Waals surface area (Å²) in [6.07, 6.45) is 3.72. The second-order valence-electron chi connectivity index (χ2n) is 4.06. The van der Waals surface area contributed by atoms with Crippen molar-refractivity contribution in [3.63, 3.8) is 0 Å². The maximum Gasteiger partial charge on any atom is 0.305 e. The van der Waals surface area contributed by atoms with E-state index in [0.29, 0.717) is 6.04 Å². The predicted octanol–water partition coefficient (Wildman–Crippen LogP) is 1.59. The Balaban J connectivity index is 2.79. The van der Waals surface area contributed by atoms with E-state index < -0.39 is 5.97 Å². The molecule has 0 amide bonds. The minimum absolute atomic E-state index is 0.0810. The first-order chi connectivity index (χ1) is 7.54. The van der Waals surface area contributed by atoms with Gasteiger partial charge in [-0.2, -0.15) is 5.10 Å². The topological polar surface area (TPSA) is 67.2 Å². The van der Waals surface area contributed by atoms with Crippen LogP contribution in [-0.2, 0) is 4.79 Å². The van der Waals surface area contributed by atoms with Crippen LogP contribution in [0, 0.1) is 0 Å². The van der Waals surface area contributed by atoms with Crippen molar-refractivity contribution in [2.75, 3.05) is 6.54 Å². The molecule has 16 heavy (non-hydrogen) atoms. The van der Waals surface area contributed by atoms with Gasteiger partial charge < -0.3 is 10.4 Å².